The Morgan fingerprint density at radius 1 is 1.12 bits per heavy atom. The number of aliphatic carboxylic acids is 1. The molecule has 24 heavy (non-hydrogen) atoms. The first-order valence-electron chi connectivity index (χ1n) is 8.19. The Bertz CT molecular complexity index is 791. The molecule has 2 rings (SSSR count). The van der Waals surface area contributed by atoms with E-state index in [1.807, 2.05) is 31.2 Å². The van der Waals surface area contributed by atoms with Crippen LogP contribution in [-0.4, -0.2) is 32.2 Å². The van der Waals surface area contributed by atoms with Crippen LogP contribution in [0.5, 0.6) is 0 Å². The number of carbonyl (C=O) groups excluding carboxylic acids is 1. The van der Waals surface area contributed by atoms with E-state index in [4.69, 9.17) is 5.11 Å². The molecule has 0 aliphatic carbocycles. The van der Waals surface area contributed by atoms with E-state index in [1.165, 1.54) is 0 Å². The summed E-state index contributed by atoms with van der Waals surface area (Å²) in [6, 6.07) is 6.58. The summed E-state index contributed by atoms with van der Waals surface area (Å²) < 4.78 is 3.28. The van der Waals surface area contributed by atoms with Crippen molar-refractivity contribution in [3.63, 3.8) is 0 Å². The summed E-state index contributed by atoms with van der Waals surface area (Å²) in [4.78, 5) is 35.5. The van der Waals surface area contributed by atoms with Gasteiger partial charge in [-0.25, -0.2) is 9.59 Å². The van der Waals surface area contributed by atoms with Crippen LogP contribution in [0.1, 0.15) is 33.1 Å². The van der Waals surface area contributed by atoms with Gasteiger partial charge in [0.05, 0.1) is 11.0 Å². The normalized spacial score (nSPS) is 12.2. The van der Waals surface area contributed by atoms with Gasteiger partial charge in [0, 0.05) is 19.5 Å². The van der Waals surface area contributed by atoms with E-state index < -0.39 is 12.0 Å². The Morgan fingerprint density at radius 2 is 1.71 bits per heavy atom. The first-order chi connectivity index (χ1) is 11.5. The van der Waals surface area contributed by atoms with Gasteiger partial charge in [0.2, 0.25) is 5.91 Å². The number of fused-ring (bicyclic) bond motifs is 1. The number of carbonyl (C=O) groups is 2. The van der Waals surface area contributed by atoms with Gasteiger partial charge in [0.1, 0.15) is 6.04 Å². The maximum absolute atomic E-state index is 12.6. The number of imidazole rings is 1. The number of aryl methyl sites for hydroxylation is 2. The number of nitrogens with zero attached hydrogens (tertiary/aromatic N) is 2. The molecule has 0 aliphatic heterocycles. The van der Waals surface area contributed by atoms with E-state index in [0.29, 0.717) is 13.0 Å². The molecule has 130 valence electrons. The van der Waals surface area contributed by atoms with Crippen molar-refractivity contribution in [3.05, 3.63) is 34.7 Å². The number of nitrogens with one attached hydrogen (secondary N) is 1. The molecule has 1 atom stereocenters. The maximum atomic E-state index is 12.6. The van der Waals surface area contributed by atoms with Crippen LogP contribution < -0.4 is 11.0 Å². The minimum Gasteiger partial charge on any atom is -0.480 e. The van der Waals surface area contributed by atoms with E-state index in [2.05, 4.69) is 5.32 Å². The van der Waals surface area contributed by atoms with Gasteiger partial charge in [0.15, 0.2) is 0 Å². The third-order valence-corrected chi connectivity index (χ3v) is 3.98. The zero-order valence-corrected chi connectivity index (χ0v) is 14.0. The van der Waals surface area contributed by atoms with Crippen LogP contribution in [0, 0.1) is 0 Å². The lowest BCUT2D eigenvalue weighted by atomic mass is 10.2. The second kappa shape index (κ2) is 7.81. The summed E-state index contributed by atoms with van der Waals surface area (Å²) in [6.07, 6.45) is 1.21. The van der Waals surface area contributed by atoms with Crippen molar-refractivity contribution in [1.82, 2.24) is 14.5 Å². The fourth-order valence-corrected chi connectivity index (χ4v) is 2.75. The standard InChI is InChI=1S/C17H23N3O4/c1-3-10-19-13-7-5-6-8-14(13)20(17(19)24)11-9-15(21)18-12(4-2)16(22)23/h5-8,12H,3-4,9-11H2,1-2H3,(H,18,21)(H,22,23). The highest BCUT2D eigenvalue weighted by molar-refractivity contribution is 5.83. The molecule has 0 radical (unpaired) electrons. The minimum atomic E-state index is -1.05. The molecule has 1 aromatic carbocycles. The highest BCUT2D eigenvalue weighted by Gasteiger charge is 2.18. The fraction of sp³-hybridized carbons (Fsp3) is 0.471. The zero-order valence-electron chi connectivity index (χ0n) is 14.0. The average Bonchev–Trinajstić information content (AvgIpc) is 2.83. The lowest BCUT2D eigenvalue weighted by Crippen LogP contribution is -2.40. The molecule has 0 spiro atoms. The highest BCUT2D eigenvalue weighted by Crippen LogP contribution is 2.13. The third-order valence-electron chi connectivity index (χ3n) is 3.98. The Hall–Kier alpha value is -2.57. The van der Waals surface area contributed by atoms with Crippen LogP contribution in [0.2, 0.25) is 0 Å². The van der Waals surface area contributed by atoms with Gasteiger partial charge in [-0.05, 0) is 25.0 Å². The van der Waals surface area contributed by atoms with Crippen LogP contribution in [0.25, 0.3) is 11.0 Å². The molecule has 2 N–H and O–H groups in total. The molecule has 1 heterocycles. The third kappa shape index (κ3) is 3.67. The summed E-state index contributed by atoms with van der Waals surface area (Å²) in [6.45, 7) is 4.54. The molecule has 0 saturated carbocycles. The van der Waals surface area contributed by atoms with E-state index in [9.17, 15) is 14.4 Å². The molecule has 1 amide bonds. The monoisotopic (exact) mass is 333 g/mol. The van der Waals surface area contributed by atoms with E-state index in [1.54, 1.807) is 16.1 Å². The van der Waals surface area contributed by atoms with Gasteiger partial charge in [-0.1, -0.05) is 26.0 Å². The quantitative estimate of drug-likeness (QED) is 0.767. The molecule has 0 bridgehead atoms. The van der Waals surface area contributed by atoms with Crippen molar-refractivity contribution in [3.8, 4) is 0 Å². The summed E-state index contributed by atoms with van der Waals surface area (Å²) in [5, 5.41) is 11.5. The van der Waals surface area contributed by atoms with Crippen molar-refractivity contribution < 1.29 is 14.7 Å². The van der Waals surface area contributed by atoms with E-state index in [-0.39, 0.29) is 24.6 Å². The number of hydrogen-bond acceptors (Lipinski definition) is 3. The van der Waals surface area contributed by atoms with Gasteiger partial charge in [-0.2, -0.15) is 0 Å². The Morgan fingerprint density at radius 3 is 2.21 bits per heavy atom. The van der Waals surface area contributed by atoms with Gasteiger partial charge < -0.3 is 10.4 Å². The number of para-hydroxylation sites is 2. The average molecular weight is 333 g/mol. The fourth-order valence-electron chi connectivity index (χ4n) is 2.75. The van der Waals surface area contributed by atoms with E-state index >= 15 is 0 Å². The van der Waals surface area contributed by atoms with Crippen molar-refractivity contribution in [1.29, 1.82) is 0 Å². The molecule has 7 heteroatoms. The van der Waals surface area contributed by atoms with E-state index in [0.717, 1.165) is 17.5 Å². The predicted molar refractivity (Wildman–Crippen MR) is 91.0 cm³/mol. The predicted octanol–water partition coefficient (Wildman–Crippen LogP) is 1.58. The van der Waals surface area contributed by atoms with Crippen LogP contribution in [0.15, 0.2) is 29.1 Å². The number of amides is 1. The van der Waals surface area contributed by atoms with Gasteiger partial charge in [-0.3, -0.25) is 13.9 Å². The van der Waals surface area contributed by atoms with Crippen LogP contribution in [0.3, 0.4) is 0 Å². The number of benzene rings is 1. The molecule has 0 saturated heterocycles. The number of carboxylic acids is 1. The molecule has 0 aliphatic rings. The zero-order chi connectivity index (χ0) is 17.7. The molecule has 0 fully saturated rings. The SMILES string of the molecule is CCCn1c(=O)n(CCC(=O)NC(CC)C(=O)O)c2ccccc21. The molecule has 2 aromatic rings. The van der Waals surface area contributed by atoms with Crippen molar-refractivity contribution >= 4 is 22.9 Å². The van der Waals surface area contributed by atoms with Crippen LogP contribution >= 0.6 is 0 Å². The second-order valence-electron chi connectivity index (χ2n) is 5.69. The molecule has 1 unspecified atom stereocenters. The van der Waals surface area contributed by atoms with Gasteiger partial charge >= 0.3 is 11.7 Å². The smallest absolute Gasteiger partial charge is 0.329 e. The summed E-state index contributed by atoms with van der Waals surface area (Å²) >= 11 is 0. The molecule has 1 aromatic heterocycles. The topological polar surface area (TPSA) is 93.3 Å². The minimum absolute atomic E-state index is 0.0593. The second-order valence-corrected chi connectivity index (χ2v) is 5.69. The first kappa shape index (κ1) is 17.8. The van der Waals surface area contributed by atoms with Gasteiger partial charge in [-0.15, -0.1) is 0 Å². The number of hydrogen-bond donors (Lipinski definition) is 2. The number of carboxylic acid groups (broad SMARTS) is 1. The molecule has 7 nitrogen and oxygen atoms in total. The number of rotatable bonds is 8. The first-order valence-corrected chi connectivity index (χ1v) is 8.19. The van der Waals surface area contributed by atoms with Crippen molar-refractivity contribution in [2.45, 2.75) is 52.2 Å². The highest BCUT2D eigenvalue weighted by atomic mass is 16.4. The van der Waals surface area contributed by atoms with Crippen LogP contribution in [-0.2, 0) is 22.7 Å². The molecular weight excluding hydrogens is 310 g/mol. The summed E-state index contributed by atoms with van der Waals surface area (Å²) in [7, 11) is 0. The van der Waals surface area contributed by atoms with Gasteiger partial charge in [0.25, 0.3) is 0 Å². The van der Waals surface area contributed by atoms with Crippen molar-refractivity contribution in [2.24, 2.45) is 0 Å². The maximum Gasteiger partial charge on any atom is 0.329 e. The summed E-state index contributed by atoms with van der Waals surface area (Å²) in [5.74, 6) is -1.42. The largest absolute Gasteiger partial charge is 0.480 e. The lowest BCUT2D eigenvalue weighted by Gasteiger charge is -2.12. The molecular formula is C17H23N3O4. The number of aromatic nitrogens is 2. The van der Waals surface area contributed by atoms with Crippen LogP contribution in [0.4, 0.5) is 0 Å². The Labute approximate surface area is 139 Å². The van der Waals surface area contributed by atoms with Crippen molar-refractivity contribution in [2.75, 3.05) is 0 Å². The lowest BCUT2D eigenvalue weighted by molar-refractivity contribution is -0.141. The summed E-state index contributed by atoms with van der Waals surface area (Å²) in [5.41, 5.74) is 1.49. The Balaban J connectivity index is 2.18. The Kier molecular flexibility index (Phi) is 5.78.